The number of carbonyl (C=O) groups is 1. The van der Waals surface area contributed by atoms with E-state index in [2.05, 4.69) is 44.2 Å². The summed E-state index contributed by atoms with van der Waals surface area (Å²) in [6.45, 7) is 6.76. The fourth-order valence-electron chi connectivity index (χ4n) is 3.73. The molecular formula is C25H28N6OS. The number of benzene rings is 2. The highest BCUT2D eigenvalue weighted by Crippen LogP contribution is 2.24. The third-order valence-electron chi connectivity index (χ3n) is 5.43. The first kappa shape index (κ1) is 22.8. The molecule has 0 aliphatic carbocycles. The Hall–Kier alpha value is -3.39. The molecule has 8 heteroatoms. The number of nitrogens with zero attached hydrogens (tertiary/aromatic N) is 5. The Balaban J connectivity index is 1.35. The summed E-state index contributed by atoms with van der Waals surface area (Å²) in [7, 11) is 0. The molecule has 1 amide bonds. The average Bonchev–Trinajstić information content (AvgIpc) is 3.35. The van der Waals surface area contributed by atoms with Crippen molar-refractivity contribution in [3.05, 3.63) is 83.4 Å². The van der Waals surface area contributed by atoms with E-state index in [1.807, 2.05) is 67.1 Å². The van der Waals surface area contributed by atoms with Crippen molar-refractivity contribution in [3.8, 4) is 5.69 Å². The second kappa shape index (κ2) is 10.5. The lowest BCUT2D eigenvalue weighted by Gasteiger charge is -2.08. The molecule has 33 heavy (non-hydrogen) atoms. The van der Waals surface area contributed by atoms with Crippen molar-refractivity contribution in [2.75, 3.05) is 11.1 Å². The van der Waals surface area contributed by atoms with Crippen LogP contribution in [0.1, 0.15) is 36.1 Å². The summed E-state index contributed by atoms with van der Waals surface area (Å²) in [6, 6.07) is 20.2. The molecule has 2 heterocycles. The van der Waals surface area contributed by atoms with Gasteiger partial charge in [0.05, 0.1) is 22.8 Å². The average molecular weight is 461 g/mol. The van der Waals surface area contributed by atoms with E-state index in [9.17, 15) is 4.79 Å². The standard InChI is InChI=1S/C25H28N6OS/c1-4-30-22(17-20-11-7-5-8-12-20)27-28-25(30)33-16-15-23(32)26-24-18(2)29-31(19(24)3)21-13-9-6-10-14-21/h5-14H,4,15-17H2,1-3H3,(H,26,32). The normalized spacial score (nSPS) is 11.0. The summed E-state index contributed by atoms with van der Waals surface area (Å²) in [6.07, 6.45) is 1.12. The maximum atomic E-state index is 12.6. The van der Waals surface area contributed by atoms with Gasteiger partial charge in [-0.2, -0.15) is 5.10 Å². The van der Waals surface area contributed by atoms with E-state index in [-0.39, 0.29) is 5.91 Å². The molecular weight excluding hydrogens is 432 g/mol. The van der Waals surface area contributed by atoms with E-state index in [0.717, 1.165) is 46.7 Å². The molecule has 7 nitrogen and oxygen atoms in total. The monoisotopic (exact) mass is 460 g/mol. The Morgan fingerprint density at radius 2 is 1.70 bits per heavy atom. The molecule has 0 saturated heterocycles. The number of thioether (sulfide) groups is 1. The van der Waals surface area contributed by atoms with E-state index >= 15 is 0 Å². The molecule has 0 radical (unpaired) electrons. The van der Waals surface area contributed by atoms with Crippen LogP contribution >= 0.6 is 11.8 Å². The van der Waals surface area contributed by atoms with Crippen LogP contribution in [0.5, 0.6) is 0 Å². The molecule has 0 saturated carbocycles. The zero-order chi connectivity index (χ0) is 23.2. The second-order valence-corrected chi connectivity index (χ2v) is 8.81. The lowest BCUT2D eigenvalue weighted by atomic mass is 10.1. The Morgan fingerprint density at radius 3 is 2.39 bits per heavy atom. The number of para-hydroxylation sites is 1. The van der Waals surface area contributed by atoms with Gasteiger partial charge in [0.15, 0.2) is 5.16 Å². The van der Waals surface area contributed by atoms with Crippen LogP contribution < -0.4 is 5.32 Å². The largest absolute Gasteiger partial charge is 0.323 e. The van der Waals surface area contributed by atoms with Crippen molar-refractivity contribution >= 4 is 23.4 Å². The number of amides is 1. The predicted octanol–water partition coefficient (Wildman–Crippen LogP) is 4.81. The zero-order valence-electron chi connectivity index (χ0n) is 19.2. The van der Waals surface area contributed by atoms with Crippen LogP contribution in [0.2, 0.25) is 0 Å². The maximum Gasteiger partial charge on any atom is 0.225 e. The summed E-state index contributed by atoms with van der Waals surface area (Å²) in [5.74, 6) is 1.53. The van der Waals surface area contributed by atoms with Crippen LogP contribution in [-0.4, -0.2) is 36.2 Å². The number of anilines is 1. The highest BCUT2D eigenvalue weighted by Gasteiger charge is 2.16. The number of carbonyl (C=O) groups excluding carboxylic acids is 1. The van der Waals surface area contributed by atoms with Crippen LogP contribution in [0.4, 0.5) is 5.69 Å². The molecule has 4 rings (SSSR count). The van der Waals surface area contributed by atoms with Gasteiger partial charge < -0.3 is 9.88 Å². The number of nitrogens with one attached hydrogen (secondary N) is 1. The minimum atomic E-state index is -0.0339. The van der Waals surface area contributed by atoms with Gasteiger partial charge in [-0.15, -0.1) is 10.2 Å². The van der Waals surface area contributed by atoms with Gasteiger partial charge in [0.2, 0.25) is 5.91 Å². The first-order valence-electron chi connectivity index (χ1n) is 11.1. The first-order chi connectivity index (χ1) is 16.1. The van der Waals surface area contributed by atoms with E-state index in [1.165, 1.54) is 5.56 Å². The lowest BCUT2D eigenvalue weighted by molar-refractivity contribution is -0.115. The van der Waals surface area contributed by atoms with Crippen LogP contribution in [-0.2, 0) is 17.8 Å². The van der Waals surface area contributed by atoms with Gasteiger partial charge >= 0.3 is 0 Å². The smallest absolute Gasteiger partial charge is 0.225 e. The maximum absolute atomic E-state index is 12.6. The highest BCUT2D eigenvalue weighted by molar-refractivity contribution is 7.99. The van der Waals surface area contributed by atoms with Crippen LogP contribution in [0.15, 0.2) is 65.8 Å². The molecule has 2 aromatic carbocycles. The molecule has 0 aliphatic heterocycles. The van der Waals surface area contributed by atoms with Crippen LogP contribution in [0, 0.1) is 13.8 Å². The van der Waals surface area contributed by atoms with Crippen molar-refractivity contribution in [1.29, 1.82) is 0 Å². The van der Waals surface area contributed by atoms with Crippen molar-refractivity contribution in [3.63, 3.8) is 0 Å². The fourth-order valence-corrected chi connectivity index (χ4v) is 4.69. The third-order valence-corrected chi connectivity index (χ3v) is 6.40. The third kappa shape index (κ3) is 5.34. The molecule has 0 atom stereocenters. The number of hydrogen-bond acceptors (Lipinski definition) is 5. The van der Waals surface area contributed by atoms with Gasteiger partial charge in [0.25, 0.3) is 0 Å². The topological polar surface area (TPSA) is 77.6 Å². The van der Waals surface area contributed by atoms with Gasteiger partial charge in [0.1, 0.15) is 5.82 Å². The van der Waals surface area contributed by atoms with Crippen molar-refractivity contribution in [2.24, 2.45) is 0 Å². The first-order valence-corrected chi connectivity index (χ1v) is 12.1. The molecule has 1 N–H and O–H groups in total. The number of rotatable bonds is 9. The molecule has 2 aromatic heterocycles. The van der Waals surface area contributed by atoms with Gasteiger partial charge in [-0.1, -0.05) is 60.3 Å². The molecule has 0 bridgehead atoms. The molecule has 0 unspecified atom stereocenters. The summed E-state index contributed by atoms with van der Waals surface area (Å²) in [4.78, 5) is 12.6. The fraction of sp³-hybridized carbons (Fsp3) is 0.280. The molecule has 0 aliphatic rings. The Labute approximate surface area is 198 Å². The minimum Gasteiger partial charge on any atom is -0.323 e. The van der Waals surface area contributed by atoms with E-state index in [1.54, 1.807) is 11.8 Å². The Kier molecular flexibility index (Phi) is 7.24. The van der Waals surface area contributed by atoms with Gasteiger partial charge in [-0.25, -0.2) is 4.68 Å². The van der Waals surface area contributed by atoms with E-state index in [4.69, 9.17) is 0 Å². The molecule has 0 fully saturated rings. The van der Waals surface area contributed by atoms with E-state index in [0.29, 0.717) is 12.2 Å². The summed E-state index contributed by atoms with van der Waals surface area (Å²) in [5.41, 5.74) is 4.66. The number of hydrogen-bond donors (Lipinski definition) is 1. The van der Waals surface area contributed by atoms with Crippen LogP contribution in [0.3, 0.4) is 0 Å². The summed E-state index contributed by atoms with van der Waals surface area (Å²) < 4.78 is 3.98. The Bertz CT molecular complexity index is 1220. The van der Waals surface area contributed by atoms with Gasteiger partial charge in [-0.05, 0) is 38.5 Å². The minimum absolute atomic E-state index is 0.0339. The second-order valence-electron chi connectivity index (χ2n) is 7.75. The zero-order valence-corrected chi connectivity index (χ0v) is 20.0. The SMILES string of the molecule is CCn1c(Cc2ccccc2)nnc1SCCC(=O)Nc1c(C)nn(-c2ccccc2)c1C. The Morgan fingerprint density at radius 1 is 1.00 bits per heavy atom. The quantitative estimate of drug-likeness (QED) is 0.363. The highest BCUT2D eigenvalue weighted by atomic mass is 32.2. The number of aromatic nitrogens is 5. The summed E-state index contributed by atoms with van der Waals surface area (Å²) in [5, 5.41) is 17.2. The summed E-state index contributed by atoms with van der Waals surface area (Å²) >= 11 is 1.56. The van der Waals surface area contributed by atoms with Crippen molar-refractivity contribution in [2.45, 2.75) is 45.3 Å². The van der Waals surface area contributed by atoms with Crippen molar-refractivity contribution < 1.29 is 4.79 Å². The molecule has 0 spiro atoms. The molecule has 4 aromatic rings. The van der Waals surface area contributed by atoms with Crippen molar-refractivity contribution in [1.82, 2.24) is 24.5 Å². The number of aryl methyl sites for hydroxylation is 1. The van der Waals surface area contributed by atoms with Gasteiger partial charge in [0, 0.05) is 25.1 Å². The van der Waals surface area contributed by atoms with E-state index < -0.39 is 0 Å². The molecule has 170 valence electrons. The predicted molar refractivity (Wildman–Crippen MR) is 132 cm³/mol. The lowest BCUT2D eigenvalue weighted by Crippen LogP contribution is -2.14. The van der Waals surface area contributed by atoms with Crippen LogP contribution in [0.25, 0.3) is 5.69 Å². The van der Waals surface area contributed by atoms with Gasteiger partial charge in [-0.3, -0.25) is 4.79 Å².